The second kappa shape index (κ2) is 6.69. The first-order chi connectivity index (χ1) is 11.8. The van der Waals surface area contributed by atoms with E-state index < -0.39 is 0 Å². The summed E-state index contributed by atoms with van der Waals surface area (Å²) in [6, 6.07) is 10.6. The second-order valence-corrected chi connectivity index (χ2v) is 6.44. The number of likely N-dealkylation sites (tertiary alicyclic amines) is 1. The summed E-state index contributed by atoms with van der Waals surface area (Å²) < 4.78 is 0. The van der Waals surface area contributed by atoms with E-state index in [4.69, 9.17) is 4.98 Å². The molecule has 0 amide bonds. The van der Waals surface area contributed by atoms with Gasteiger partial charge in [-0.25, -0.2) is 15.0 Å². The number of benzene rings is 1. The van der Waals surface area contributed by atoms with E-state index in [1.54, 1.807) is 0 Å². The summed E-state index contributed by atoms with van der Waals surface area (Å²) >= 11 is 0. The quantitative estimate of drug-likeness (QED) is 0.797. The lowest BCUT2D eigenvalue weighted by Crippen LogP contribution is -2.34. The molecule has 0 saturated carbocycles. The average molecular weight is 321 g/mol. The summed E-state index contributed by atoms with van der Waals surface area (Å²) in [5.74, 6) is 2.01. The molecule has 124 valence electrons. The SMILES string of the molecule is CCc1nccc(CN2CCCC[C@H]2c2nc3ccccc3[nH]2)n1. The Balaban J connectivity index is 1.60. The van der Waals surface area contributed by atoms with Crippen LogP contribution in [0.1, 0.15) is 49.6 Å². The van der Waals surface area contributed by atoms with Crippen LogP contribution in [0, 0.1) is 0 Å². The Bertz CT molecular complexity index is 792. The highest BCUT2D eigenvalue weighted by atomic mass is 15.2. The number of rotatable bonds is 4. The molecule has 0 unspecified atom stereocenters. The zero-order valence-corrected chi connectivity index (χ0v) is 14.1. The van der Waals surface area contributed by atoms with Gasteiger partial charge in [-0.3, -0.25) is 4.90 Å². The van der Waals surface area contributed by atoms with Crippen molar-refractivity contribution in [2.75, 3.05) is 6.54 Å². The number of fused-ring (bicyclic) bond motifs is 1. The van der Waals surface area contributed by atoms with E-state index >= 15 is 0 Å². The third-order valence-electron chi connectivity index (χ3n) is 4.78. The Morgan fingerprint density at radius 1 is 1.17 bits per heavy atom. The molecule has 5 nitrogen and oxygen atoms in total. The fourth-order valence-corrected chi connectivity index (χ4v) is 3.53. The lowest BCUT2D eigenvalue weighted by Gasteiger charge is -2.34. The van der Waals surface area contributed by atoms with Crippen LogP contribution in [0.3, 0.4) is 0 Å². The molecule has 1 atom stereocenters. The van der Waals surface area contributed by atoms with E-state index in [-0.39, 0.29) is 0 Å². The second-order valence-electron chi connectivity index (χ2n) is 6.44. The molecule has 1 saturated heterocycles. The Kier molecular flexibility index (Phi) is 4.26. The number of nitrogens with one attached hydrogen (secondary N) is 1. The van der Waals surface area contributed by atoms with Gasteiger partial charge in [0.2, 0.25) is 0 Å². The van der Waals surface area contributed by atoms with Crippen molar-refractivity contribution in [2.24, 2.45) is 0 Å². The third kappa shape index (κ3) is 3.04. The fourth-order valence-electron chi connectivity index (χ4n) is 3.53. The molecular formula is C19H23N5. The van der Waals surface area contributed by atoms with Crippen LogP contribution in [0.4, 0.5) is 0 Å². The Morgan fingerprint density at radius 3 is 2.96 bits per heavy atom. The molecule has 0 aliphatic carbocycles. The van der Waals surface area contributed by atoms with Gasteiger partial charge >= 0.3 is 0 Å². The topological polar surface area (TPSA) is 57.7 Å². The summed E-state index contributed by atoms with van der Waals surface area (Å²) in [6.45, 7) is 4.04. The van der Waals surface area contributed by atoms with Gasteiger partial charge in [0.1, 0.15) is 11.6 Å². The molecule has 5 heteroatoms. The smallest absolute Gasteiger partial charge is 0.128 e. The molecule has 3 heterocycles. The number of hydrogen-bond acceptors (Lipinski definition) is 4. The number of aromatic amines is 1. The van der Waals surface area contributed by atoms with Gasteiger partial charge in [-0.05, 0) is 37.6 Å². The number of imidazole rings is 1. The van der Waals surface area contributed by atoms with Gasteiger partial charge in [0, 0.05) is 19.2 Å². The number of aromatic nitrogens is 4. The minimum Gasteiger partial charge on any atom is -0.341 e. The van der Waals surface area contributed by atoms with Gasteiger partial charge in [-0.15, -0.1) is 0 Å². The number of hydrogen-bond donors (Lipinski definition) is 1. The number of nitrogens with zero attached hydrogens (tertiary/aromatic N) is 4. The highest BCUT2D eigenvalue weighted by Gasteiger charge is 2.26. The third-order valence-corrected chi connectivity index (χ3v) is 4.78. The first-order valence-electron chi connectivity index (χ1n) is 8.83. The van der Waals surface area contributed by atoms with Crippen LogP contribution in [0.2, 0.25) is 0 Å². The molecule has 0 bridgehead atoms. The van der Waals surface area contributed by atoms with Gasteiger partial charge in [0.05, 0.1) is 22.8 Å². The van der Waals surface area contributed by atoms with E-state index in [1.807, 2.05) is 18.3 Å². The first kappa shape index (κ1) is 15.3. The van der Waals surface area contributed by atoms with Crippen molar-refractivity contribution in [3.63, 3.8) is 0 Å². The summed E-state index contributed by atoms with van der Waals surface area (Å²) in [5, 5.41) is 0. The van der Waals surface area contributed by atoms with Crippen LogP contribution in [0.25, 0.3) is 11.0 Å². The van der Waals surface area contributed by atoms with Crippen molar-refractivity contribution < 1.29 is 0 Å². The van der Waals surface area contributed by atoms with Gasteiger partial charge in [-0.1, -0.05) is 25.5 Å². The molecule has 1 N–H and O–H groups in total. The molecule has 4 rings (SSSR count). The molecule has 0 spiro atoms. The van der Waals surface area contributed by atoms with Crippen molar-refractivity contribution in [1.29, 1.82) is 0 Å². The predicted molar refractivity (Wildman–Crippen MR) is 94.5 cm³/mol. The highest BCUT2D eigenvalue weighted by Crippen LogP contribution is 2.31. The van der Waals surface area contributed by atoms with Crippen LogP contribution >= 0.6 is 0 Å². The summed E-state index contributed by atoms with van der Waals surface area (Å²) in [6.07, 6.45) is 6.39. The number of piperidine rings is 1. The Morgan fingerprint density at radius 2 is 2.08 bits per heavy atom. The zero-order valence-electron chi connectivity index (χ0n) is 14.1. The molecule has 1 aromatic carbocycles. The highest BCUT2D eigenvalue weighted by molar-refractivity contribution is 5.74. The van der Waals surface area contributed by atoms with Crippen molar-refractivity contribution in [3.8, 4) is 0 Å². The Hall–Kier alpha value is -2.27. The van der Waals surface area contributed by atoms with E-state index in [1.165, 1.54) is 12.8 Å². The largest absolute Gasteiger partial charge is 0.341 e. The van der Waals surface area contributed by atoms with Crippen LogP contribution in [0.15, 0.2) is 36.5 Å². The van der Waals surface area contributed by atoms with Crippen LogP contribution in [0.5, 0.6) is 0 Å². The summed E-state index contributed by atoms with van der Waals surface area (Å²) in [4.78, 5) is 19.8. The summed E-state index contributed by atoms with van der Waals surface area (Å²) in [7, 11) is 0. The maximum Gasteiger partial charge on any atom is 0.128 e. The van der Waals surface area contributed by atoms with Crippen molar-refractivity contribution in [3.05, 3.63) is 53.9 Å². The molecule has 1 aliphatic heterocycles. The van der Waals surface area contributed by atoms with Crippen LogP contribution < -0.4 is 0 Å². The number of para-hydroxylation sites is 2. The average Bonchev–Trinajstić information content (AvgIpc) is 3.06. The predicted octanol–water partition coefficient (Wildman–Crippen LogP) is 3.64. The maximum absolute atomic E-state index is 4.83. The molecule has 1 aliphatic rings. The van der Waals surface area contributed by atoms with E-state index in [2.05, 4.69) is 45.0 Å². The fraction of sp³-hybridized carbons (Fsp3) is 0.421. The van der Waals surface area contributed by atoms with Crippen molar-refractivity contribution in [2.45, 2.75) is 45.2 Å². The van der Waals surface area contributed by atoms with E-state index in [0.29, 0.717) is 6.04 Å². The minimum absolute atomic E-state index is 0.339. The van der Waals surface area contributed by atoms with Gasteiger partial charge in [0.15, 0.2) is 0 Å². The molecular weight excluding hydrogens is 298 g/mol. The zero-order chi connectivity index (χ0) is 16.4. The van der Waals surface area contributed by atoms with Crippen molar-refractivity contribution >= 4 is 11.0 Å². The molecule has 1 fully saturated rings. The van der Waals surface area contributed by atoms with Crippen LogP contribution in [-0.4, -0.2) is 31.4 Å². The summed E-state index contributed by atoms with van der Waals surface area (Å²) in [5.41, 5.74) is 3.27. The standard InChI is InChI=1S/C19H23N5/c1-2-18-20-11-10-14(21-18)13-24-12-6-5-9-17(24)19-22-15-7-3-4-8-16(15)23-19/h3-4,7-8,10-11,17H,2,5-6,9,12-13H2,1H3,(H,22,23)/t17-/m0/s1. The number of aryl methyl sites for hydroxylation is 1. The Labute approximate surface area is 142 Å². The lowest BCUT2D eigenvalue weighted by molar-refractivity contribution is 0.133. The van der Waals surface area contributed by atoms with Gasteiger partial charge < -0.3 is 4.98 Å². The normalized spacial score (nSPS) is 19.0. The minimum atomic E-state index is 0.339. The maximum atomic E-state index is 4.83. The molecule has 0 radical (unpaired) electrons. The molecule has 24 heavy (non-hydrogen) atoms. The van der Waals surface area contributed by atoms with Crippen LogP contribution in [-0.2, 0) is 13.0 Å². The number of H-pyrrole nitrogens is 1. The van der Waals surface area contributed by atoms with E-state index in [9.17, 15) is 0 Å². The molecule has 3 aromatic rings. The van der Waals surface area contributed by atoms with E-state index in [0.717, 1.165) is 54.3 Å². The first-order valence-corrected chi connectivity index (χ1v) is 8.83. The molecule has 2 aromatic heterocycles. The van der Waals surface area contributed by atoms with Crippen molar-refractivity contribution in [1.82, 2.24) is 24.8 Å². The van der Waals surface area contributed by atoms with Gasteiger partial charge in [-0.2, -0.15) is 0 Å². The van der Waals surface area contributed by atoms with Gasteiger partial charge in [0.25, 0.3) is 0 Å². The monoisotopic (exact) mass is 321 g/mol. The lowest BCUT2D eigenvalue weighted by atomic mass is 10.0.